The third kappa shape index (κ3) is 4.95. The molecule has 0 saturated carbocycles. The molecule has 6 heteroatoms. The average molecular weight is 529 g/mol. The van der Waals surface area contributed by atoms with Crippen molar-refractivity contribution in [3.05, 3.63) is 91.7 Å². The van der Waals surface area contributed by atoms with Crippen LogP contribution in [0.1, 0.15) is 56.6 Å². The number of benzene rings is 2. The topological polar surface area (TPSA) is 55.4 Å². The number of dihydropyridines is 1. The van der Waals surface area contributed by atoms with E-state index in [1.807, 2.05) is 69.3 Å². The highest BCUT2D eigenvalue weighted by Crippen LogP contribution is 2.47. The number of ketones is 1. The molecule has 0 saturated heterocycles. The van der Waals surface area contributed by atoms with Crippen LogP contribution < -0.4 is 5.32 Å². The van der Waals surface area contributed by atoms with Crippen LogP contribution in [0.5, 0.6) is 0 Å². The van der Waals surface area contributed by atoms with Gasteiger partial charge in [0.2, 0.25) is 0 Å². The summed E-state index contributed by atoms with van der Waals surface area (Å²) >= 11 is 9.70. The minimum Gasteiger partial charge on any atom is -0.462 e. The number of rotatable bonds is 5. The summed E-state index contributed by atoms with van der Waals surface area (Å²) in [5.74, 6) is -0.530. The first kappa shape index (κ1) is 23.8. The Hall–Kier alpha value is -2.37. The summed E-state index contributed by atoms with van der Waals surface area (Å²) in [5, 5.41) is 4.07. The smallest absolute Gasteiger partial charge is 0.336 e. The molecule has 172 valence electrons. The number of esters is 1. The summed E-state index contributed by atoms with van der Waals surface area (Å²) in [7, 11) is 0. The molecule has 0 bridgehead atoms. The third-order valence-electron chi connectivity index (χ3n) is 6.15. The maximum atomic E-state index is 13.6. The minimum absolute atomic E-state index is 0.0473. The van der Waals surface area contributed by atoms with E-state index < -0.39 is 5.92 Å². The fraction of sp³-hybridized carbons (Fsp3) is 0.333. The average Bonchev–Trinajstić information content (AvgIpc) is 2.77. The molecule has 0 amide bonds. The molecule has 0 fully saturated rings. The van der Waals surface area contributed by atoms with Gasteiger partial charge in [-0.3, -0.25) is 4.79 Å². The highest BCUT2D eigenvalue weighted by Gasteiger charge is 2.42. The van der Waals surface area contributed by atoms with Crippen LogP contribution in [0.2, 0.25) is 5.02 Å². The third-order valence-corrected chi connectivity index (χ3v) is 7.13. The highest BCUT2D eigenvalue weighted by molar-refractivity contribution is 9.10. The molecule has 0 spiro atoms. The summed E-state index contributed by atoms with van der Waals surface area (Å²) in [6.07, 6.45) is 1.08. The van der Waals surface area contributed by atoms with Crippen LogP contribution in [0.4, 0.5) is 0 Å². The molecule has 0 unspecified atom stereocenters. The van der Waals surface area contributed by atoms with Crippen molar-refractivity contribution in [1.82, 2.24) is 5.32 Å². The van der Waals surface area contributed by atoms with Crippen LogP contribution >= 0.6 is 27.5 Å². The number of ether oxygens (including phenoxy) is 1. The molecule has 1 heterocycles. The van der Waals surface area contributed by atoms with Gasteiger partial charge in [-0.15, -0.1) is 0 Å². The number of nitrogens with one attached hydrogen (secondary N) is 1. The second-order valence-corrected chi connectivity index (χ2v) is 10.4. The van der Waals surface area contributed by atoms with Gasteiger partial charge in [-0.2, -0.15) is 0 Å². The van der Waals surface area contributed by atoms with Gasteiger partial charge in [-0.05, 0) is 54.5 Å². The summed E-state index contributed by atoms with van der Waals surface area (Å²) < 4.78 is 6.48. The predicted molar refractivity (Wildman–Crippen MR) is 134 cm³/mol. The Morgan fingerprint density at radius 2 is 1.85 bits per heavy atom. The zero-order valence-electron chi connectivity index (χ0n) is 19.0. The van der Waals surface area contributed by atoms with E-state index in [4.69, 9.17) is 16.3 Å². The number of Topliss-reactive ketones (excluding diaryl/α,β-unsaturated/α-hetero) is 1. The molecule has 4 nitrogen and oxygen atoms in total. The fourth-order valence-corrected chi connectivity index (χ4v) is 5.26. The SMILES string of the molecule is CC1=C(C(=O)OCC(C)C)[C@H](c2ccccc2Br)C2=C(C[C@@H](c3ccc(Cl)cc3)CC2=O)N1. The largest absolute Gasteiger partial charge is 0.462 e. The standard InChI is InChI=1S/C27H27BrClNO3/c1-15(2)14-33-27(32)24-16(3)30-22-12-18(17-8-10-19(29)11-9-17)13-23(31)26(22)25(24)20-6-4-5-7-21(20)28/h4-11,15,18,25,30H,12-14H2,1-3H3/t18-,25+/m1/s1. The van der Waals surface area contributed by atoms with E-state index in [9.17, 15) is 9.59 Å². The van der Waals surface area contributed by atoms with Gasteiger partial charge in [0.25, 0.3) is 0 Å². The summed E-state index contributed by atoms with van der Waals surface area (Å²) in [4.78, 5) is 26.8. The Bertz CT molecular complexity index is 1150. The monoisotopic (exact) mass is 527 g/mol. The Morgan fingerprint density at radius 1 is 1.15 bits per heavy atom. The van der Waals surface area contributed by atoms with Gasteiger partial charge >= 0.3 is 5.97 Å². The van der Waals surface area contributed by atoms with E-state index in [1.165, 1.54) is 0 Å². The van der Waals surface area contributed by atoms with Crippen LogP contribution in [0, 0.1) is 5.92 Å². The lowest BCUT2D eigenvalue weighted by Gasteiger charge is -2.37. The van der Waals surface area contributed by atoms with Crippen LogP contribution in [0.3, 0.4) is 0 Å². The van der Waals surface area contributed by atoms with Crippen LogP contribution in [-0.4, -0.2) is 18.4 Å². The van der Waals surface area contributed by atoms with Crippen molar-refractivity contribution in [3.63, 3.8) is 0 Å². The quantitative estimate of drug-likeness (QED) is 0.441. The lowest BCUT2D eigenvalue weighted by atomic mass is 9.72. The zero-order valence-corrected chi connectivity index (χ0v) is 21.3. The molecule has 0 radical (unpaired) electrons. The molecule has 1 aliphatic carbocycles. The van der Waals surface area contributed by atoms with Crippen LogP contribution in [-0.2, 0) is 14.3 Å². The first-order valence-electron chi connectivity index (χ1n) is 11.2. The molecule has 2 aromatic carbocycles. The number of allylic oxidation sites excluding steroid dienone is 3. The van der Waals surface area contributed by atoms with E-state index in [1.54, 1.807) is 0 Å². The van der Waals surface area contributed by atoms with Crippen molar-refractivity contribution in [2.24, 2.45) is 5.92 Å². The maximum Gasteiger partial charge on any atom is 0.336 e. The van der Waals surface area contributed by atoms with E-state index in [-0.39, 0.29) is 23.6 Å². The second kappa shape index (κ2) is 9.86. The lowest BCUT2D eigenvalue weighted by molar-refractivity contribution is -0.140. The van der Waals surface area contributed by atoms with Crippen LogP contribution in [0.25, 0.3) is 0 Å². The van der Waals surface area contributed by atoms with E-state index in [0.717, 1.165) is 27.0 Å². The second-order valence-electron chi connectivity index (χ2n) is 9.08. The van der Waals surface area contributed by atoms with Gasteiger partial charge in [-0.1, -0.05) is 71.7 Å². The summed E-state index contributed by atoms with van der Waals surface area (Å²) in [6, 6.07) is 15.4. The first-order chi connectivity index (χ1) is 15.8. The Balaban J connectivity index is 1.77. The molecule has 4 rings (SSSR count). The minimum atomic E-state index is -0.477. The first-order valence-corrected chi connectivity index (χ1v) is 12.3. The lowest BCUT2D eigenvalue weighted by Crippen LogP contribution is -2.36. The van der Waals surface area contributed by atoms with Crippen molar-refractivity contribution in [2.75, 3.05) is 6.61 Å². The van der Waals surface area contributed by atoms with Crippen molar-refractivity contribution in [3.8, 4) is 0 Å². The van der Waals surface area contributed by atoms with Gasteiger partial charge in [0.1, 0.15) is 0 Å². The Labute approximate surface area is 208 Å². The Morgan fingerprint density at radius 3 is 2.52 bits per heavy atom. The molecule has 2 aromatic rings. The number of hydrogen-bond donors (Lipinski definition) is 1. The number of halogens is 2. The van der Waals surface area contributed by atoms with E-state index in [0.29, 0.717) is 35.6 Å². The molecular weight excluding hydrogens is 502 g/mol. The highest BCUT2D eigenvalue weighted by atomic mass is 79.9. The van der Waals surface area contributed by atoms with Crippen molar-refractivity contribution < 1.29 is 14.3 Å². The summed E-state index contributed by atoms with van der Waals surface area (Å²) in [6.45, 7) is 6.22. The molecule has 33 heavy (non-hydrogen) atoms. The van der Waals surface area contributed by atoms with Gasteiger partial charge in [0.05, 0.1) is 12.2 Å². The maximum absolute atomic E-state index is 13.6. The molecule has 2 aliphatic rings. The normalized spacial score (nSPS) is 20.6. The fourth-order valence-electron chi connectivity index (χ4n) is 4.62. The van der Waals surface area contributed by atoms with Gasteiger partial charge in [0.15, 0.2) is 5.78 Å². The molecular formula is C27H27BrClNO3. The predicted octanol–water partition coefficient (Wildman–Crippen LogP) is 6.66. The zero-order chi connectivity index (χ0) is 23.7. The number of hydrogen-bond acceptors (Lipinski definition) is 4. The molecule has 2 atom stereocenters. The molecule has 1 N–H and O–H groups in total. The van der Waals surface area contributed by atoms with E-state index in [2.05, 4.69) is 21.2 Å². The molecule has 0 aromatic heterocycles. The number of carbonyl (C=O) groups excluding carboxylic acids is 2. The van der Waals surface area contributed by atoms with Crippen LogP contribution in [0.15, 0.2) is 75.5 Å². The number of carbonyl (C=O) groups is 2. The van der Waals surface area contributed by atoms with Gasteiger partial charge in [-0.25, -0.2) is 4.79 Å². The van der Waals surface area contributed by atoms with Crippen molar-refractivity contribution in [2.45, 2.75) is 45.4 Å². The van der Waals surface area contributed by atoms with Crippen molar-refractivity contribution >= 4 is 39.3 Å². The van der Waals surface area contributed by atoms with E-state index >= 15 is 0 Å². The Kier molecular flexibility index (Phi) is 7.10. The van der Waals surface area contributed by atoms with Gasteiger partial charge < -0.3 is 10.1 Å². The van der Waals surface area contributed by atoms with Crippen molar-refractivity contribution in [1.29, 1.82) is 0 Å². The molecule has 1 aliphatic heterocycles. The summed E-state index contributed by atoms with van der Waals surface area (Å²) in [5.41, 5.74) is 4.74. The van der Waals surface area contributed by atoms with Gasteiger partial charge in [0, 0.05) is 38.8 Å².